The van der Waals surface area contributed by atoms with Crippen LogP contribution in [0, 0.1) is 0 Å². The minimum absolute atomic E-state index is 0.0196. The highest BCUT2D eigenvalue weighted by Gasteiger charge is 2.35. The molecule has 1 fully saturated rings. The van der Waals surface area contributed by atoms with Gasteiger partial charge in [0.25, 0.3) is 5.91 Å². The maximum atomic E-state index is 12.9. The molecular weight excluding hydrogens is 308 g/mol. The number of carbonyl (C=O) groups excluding carboxylic acids is 1. The van der Waals surface area contributed by atoms with Gasteiger partial charge in [0.2, 0.25) is 0 Å². The van der Waals surface area contributed by atoms with E-state index in [1.165, 1.54) is 6.33 Å². The number of rotatable bonds is 4. The molecule has 1 aromatic carbocycles. The molecule has 1 amide bonds. The lowest BCUT2D eigenvalue weighted by molar-refractivity contribution is -0.143. The number of morpholine rings is 1. The van der Waals surface area contributed by atoms with Gasteiger partial charge in [-0.3, -0.25) is 9.89 Å². The summed E-state index contributed by atoms with van der Waals surface area (Å²) in [7, 11) is 1.64. The molecule has 1 atom stereocenters. The van der Waals surface area contributed by atoms with Gasteiger partial charge in [-0.2, -0.15) is 5.10 Å². The van der Waals surface area contributed by atoms with Crippen molar-refractivity contribution in [3.05, 3.63) is 36.2 Å². The van der Waals surface area contributed by atoms with Crippen molar-refractivity contribution in [1.82, 2.24) is 20.1 Å². The van der Waals surface area contributed by atoms with Crippen molar-refractivity contribution in [1.29, 1.82) is 0 Å². The van der Waals surface area contributed by atoms with Gasteiger partial charge in [-0.25, -0.2) is 4.98 Å². The highest BCUT2D eigenvalue weighted by molar-refractivity contribution is 5.95. The standard InChI is InChI=1S/C17H22N4O3/c1-17(2)10-21(8-14(24-17)9-23-3)16(22)13-6-4-5-12(7-13)15-18-11-19-20-15/h4-7,11,14H,8-10H2,1-3H3,(H,18,19,20). The number of amides is 1. The summed E-state index contributed by atoms with van der Waals surface area (Å²) in [6.07, 6.45) is 1.32. The average molecular weight is 330 g/mol. The largest absolute Gasteiger partial charge is 0.382 e. The highest BCUT2D eigenvalue weighted by atomic mass is 16.5. The van der Waals surface area contributed by atoms with Crippen LogP contribution in [0.25, 0.3) is 11.4 Å². The van der Waals surface area contributed by atoms with E-state index < -0.39 is 5.60 Å². The van der Waals surface area contributed by atoms with Crippen LogP contribution in [0.2, 0.25) is 0 Å². The van der Waals surface area contributed by atoms with Crippen molar-refractivity contribution in [3.63, 3.8) is 0 Å². The molecule has 1 N–H and O–H groups in total. The van der Waals surface area contributed by atoms with Gasteiger partial charge in [-0.15, -0.1) is 0 Å². The molecule has 7 heteroatoms. The first-order valence-electron chi connectivity index (χ1n) is 7.90. The van der Waals surface area contributed by atoms with Crippen molar-refractivity contribution in [2.45, 2.75) is 25.6 Å². The molecule has 0 spiro atoms. The average Bonchev–Trinajstić information content (AvgIpc) is 3.07. The van der Waals surface area contributed by atoms with E-state index in [2.05, 4.69) is 15.2 Å². The third-order valence-electron chi connectivity index (χ3n) is 3.92. The predicted molar refractivity (Wildman–Crippen MR) is 88.6 cm³/mol. The number of aromatic amines is 1. The van der Waals surface area contributed by atoms with Crippen LogP contribution in [0.1, 0.15) is 24.2 Å². The molecule has 0 radical (unpaired) electrons. The Morgan fingerprint density at radius 1 is 1.50 bits per heavy atom. The summed E-state index contributed by atoms with van der Waals surface area (Å²) in [6, 6.07) is 7.39. The van der Waals surface area contributed by atoms with Crippen molar-refractivity contribution in [2.24, 2.45) is 0 Å². The maximum Gasteiger partial charge on any atom is 0.254 e. The van der Waals surface area contributed by atoms with Crippen LogP contribution in [0.4, 0.5) is 0 Å². The Hall–Kier alpha value is -2.25. The summed E-state index contributed by atoms with van der Waals surface area (Å²) in [5.74, 6) is 0.623. The maximum absolute atomic E-state index is 12.9. The van der Waals surface area contributed by atoms with E-state index in [-0.39, 0.29) is 12.0 Å². The quantitative estimate of drug-likeness (QED) is 0.923. The van der Waals surface area contributed by atoms with Crippen LogP contribution in [0.3, 0.4) is 0 Å². The lowest BCUT2D eigenvalue weighted by Crippen LogP contribution is -2.55. The highest BCUT2D eigenvalue weighted by Crippen LogP contribution is 2.24. The summed E-state index contributed by atoms with van der Waals surface area (Å²) in [5.41, 5.74) is 1.05. The Labute approximate surface area is 141 Å². The second-order valence-electron chi connectivity index (χ2n) is 6.56. The number of hydrogen-bond acceptors (Lipinski definition) is 5. The van der Waals surface area contributed by atoms with Crippen LogP contribution in [0.5, 0.6) is 0 Å². The summed E-state index contributed by atoms with van der Waals surface area (Å²) >= 11 is 0. The predicted octanol–water partition coefficient (Wildman–Crippen LogP) is 1.74. The lowest BCUT2D eigenvalue weighted by atomic mass is 10.0. The summed E-state index contributed by atoms with van der Waals surface area (Å²) in [4.78, 5) is 18.9. The number of hydrogen-bond donors (Lipinski definition) is 1. The topological polar surface area (TPSA) is 80.3 Å². The zero-order valence-electron chi connectivity index (χ0n) is 14.2. The molecule has 0 saturated carbocycles. The van der Waals surface area contributed by atoms with Gasteiger partial charge in [-0.1, -0.05) is 12.1 Å². The number of ether oxygens (including phenoxy) is 2. The summed E-state index contributed by atoms with van der Waals surface area (Å²) < 4.78 is 11.2. The first kappa shape index (κ1) is 16.6. The van der Waals surface area contributed by atoms with E-state index in [4.69, 9.17) is 9.47 Å². The third-order valence-corrected chi connectivity index (χ3v) is 3.92. The monoisotopic (exact) mass is 330 g/mol. The second-order valence-corrected chi connectivity index (χ2v) is 6.56. The summed E-state index contributed by atoms with van der Waals surface area (Å²) in [5, 5.41) is 6.66. The van der Waals surface area contributed by atoms with Gasteiger partial charge in [0.05, 0.1) is 18.3 Å². The van der Waals surface area contributed by atoms with E-state index in [0.717, 1.165) is 5.56 Å². The van der Waals surface area contributed by atoms with E-state index >= 15 is 0 Å². The third kappa shape index (κ3) is 3.63. The second kappa shape index (κ2) is 6.70. The number of H-pyrrole nitrogens is 1. The Kier molecular flexibility index (Phi) is 4.64. The molecule has 24 heavy (non-hydrogen) atoms. The van der Waals surface area contributed by atoms with Crippen LogP contribution in [0.15, 0.2) is 30.6 Å². The van der Waals surface area contributed by atoms with E-state index in [9.17, 15) is 4.79 Å². The molecule has 7 nitrogen and oxygen atoms in total. The van der Waals surface area contributed by atoms with Gasteiger partial charge < -0.3 is 14.4 Å². The Balaban J connectivity index is 1.81. The molecule has 128 valence electrons. The normalized spacial score (nSPS) is 20.1. The Morgan fingerprint density at radius 2 is 2.33 bits per heavy atom. The molecule has 1 unspecified atom stereocenters. The molecule has 1 aromatic heterocycles. The molecule has 0 aliphatic carbocycles. The minimum Gasteiger partial charge on any atom is -0.382 e. The van der Waals surface area contributed by atoms with Gasteiger partial charge >= 0.3 is 0 Å². The molecule has 1 aliphatic rings. The molecule has 1 aliphatic heterocycles. The van der Waals surface area contributed by atoms with Crippen molar-refractivity contribution < 1.29 is 14.3 Å². The van der Waals surface area contributed by atoms with Gasteiger partial charge in [0.1, 0.15) is 6.33 Å². The fraction of sp³-hybridized carbons (Fsp3) is 0.471. The van der Waals surface area contributed by atoms with E-state index in [0.29, 0.717) is 31.1 Å². The zero-order chi connectivity index (χ0) is 17.2. The number of carbonyl (C=O) groups is 1. The first-order chi connectivity index (χ1) is 11.5. The Bertz CT molecular complexity index is 700. The fourth-order valence-corrected chi connectivity index (χ4v) is 3.05. The fourth-order valence-electron chi connectivity index (χ4n) is 3.05. The van der Waals surface area contributed by atoms with Gasteiger partial charge in [0, 0.05) is 31.3 Å². The molecule has 0 bridgehead atoms. The number of benzene rings is 1. The van der Waals surface area contributed by atoms with E-state index in [1.807, 2.05) is 43.0 Å². The van der Waals surface area contributed by atoms with Crippen molar-refractivity contribution in [3.8, 4) is 11.4 Å². The van der Waals surface area contributed by atoms with E-state index in [1.54, 1.807) is 7.11 Å². The van der Waals surface area contributed by atoms with Crippen LogP contribution >= 0.6 is 0 Å². The van der Waals surface area contributed by atoms with Crippen LogP contribution < -0.4 is 0 Å². The SMILES string of the molecule is COCC1CN(C(=O)c2cccc(-c3ncn[nH]3)c2)CC(C)(C)O1. The van der Waals surface area contributed by atoms with Crippen LogP contribution in [-0.2, 0) is 9.47 Å². The van der Waals surface area contributed by atoms with Crippen LogP contribution in [-0.4, -0.2) is 64.5 Å². The van der Waals surface area contributed by atoms with Crippen molar-refractivity contribution >= 4 is 5.91 Å². The molecular formula is C17H22N4O3. The summed E-state index contributed by atoms with van der Waals surface area (Å²) in [6.45, 7) is 5.49. The van der Waals surface area contributed by atoms with Gasteiger partial charge in [0.15, 0.2) is 5.82 Å². The first-order valence-corrected chi connectivity index (χ1v) is 7.90. The molecule has 2 aromatic rings. The number of aromatic nitrogens is 3. The number of nitrogens with zero attached hydrogens (tertiary/aromatic N) is 3. The Morgan fingerprint density at radius 3 is 3.04 bits per heavy atom. The molecule has 2 heterocycles. The zero-order valence-corrected chi connectivity index (χ0v) is 14.2. The lowest BCUT2D eigenvalue weighted by Gasteiger charge is -2.42. The minimum atomic E-state index is -0.403. The number of methoxy groups -OCH3 is 1. The molecule has 3 rings (SSSR count). The molecule has 1 saturated heterocycles. The van der Waals surface area contributed by atoms with Gasteiger partial charge in [-0.05, 0) is 26.0 Å². The van der Waals surface area contributed by atoms with Crippen molar-refractivity contribution in [2.75, 3.05) is 26.8 Å². The number of nitrogens with one attached hydrogen (secondary N) is 1. The smallest absolute Gasteiger partial charge is 0.254 e.